The highest BCUT2D eigenvalue weighted by Crippen LogP contribution is 2.29. The third-order valence-corrected chi connectivity index (χ3v) is 6.70. The number of carbonyl (C=O) groups is 2. The summed E-state index contributed by atoms with van der Waals surface area (Å²) in [5.41, 5.74) is 5.15. The van der Waals surface area contributed by atoms with Gasteiger partial charge in [0.05, 0.1) is 17.7 Å². The Labute approximate surface area is 210 Å². The number of hydrogen-bond donors (Lipinski definition) is 2. The molecule has 4 rings (SSSR count). The Kier molecular flexibility index (Phi) is 7.69. The maximum Gasteiger partial charge on any atom is 0.335 e. The molecular formula is C29H28ClNO4. The normalized spacial score (nSPS) is 16.7. The van der Waals surface area contributed by atoms with Gasteiger partial charge in [0.15, 0.2) is 0 Å². The number of benzene rings is 3. The van der Waals surface area contributed by atoms with E-state index in [1.165, 1.54) is 0 Å². The number of likely N-dealkylation sites (tertiary alicyclic amines) is 1. The van der Waals surface area contributed by atoms with E-state index in [9.17, 15) is 14.7 Å². The van der Waals surface area contributed by atoms with Gasteiger partial charge in [-0.3, -0.25) is 4.79 Å². The molecule has 0 aliphatic carbocycles. The van der Waals surface area contributed by atoms with Crippen LogP contribution in [0.3, 0.4) is 0 Å². The Morgan fingerprint density at radius 1 is 1.14 bits per heavy atom. The molecule has 1 saturated heterocycles. The van der Waals surface area contributed by atoms with Crippen LogP contribution in [0.15, 0.2) is 78.9 Å². The Balaban J connectivity index is 1.42. The summed E-state index contributed by atoms with van der Waals surface area (Å²) in [7, 11) is 0. The van der Waals surface area contributed by atoms with Crippen LogP contribution in [-0.2, 0) is 11.2 Å². The van der Waals surface area contributed by atoms with Crippen molar-refractivity contribution in [3.8, 4) is 11.1 Å². The maximum atomic E-state index is 12.5. The summed E-state index contributed by atoms with van der Waals surface area (Å²) < 4.78 is 0. The van der Waals surface area contributed by atoms with Crippen LogP contribution in [0.2, 0.25) is 5.02 Å². The first kappa shape index (κ1) is 24.7. The molecule has 1 heterocycles. The molecule has 6 heteroatoms. The van der Waals surface area contributed by atoms with E-state index in [-0.39, 0.29) is 17.5 Å². The van der Waals surface area contributed by atoms with E-state index >= 15 is 0 Å². The van der Waals surface area contributed by atoms with Gasteiger partial charge in [-0.15, -0.1) is 0 Å². The summed E-state index contributed by atoms with van der Waals surface area (Å²) in [5, 5.41) is 20.6. The second-order valence-corrected chi connectivity index (χ2v) is 9.30. The zero-order chi connectivity index (χ0) is 24.9. The molecule has 0 saturated carbocycles. The van der Waals surface area contributed by atoms with Gasteiger partial charge >= 0.3 is 5.97 Å². The lowest BCUT2D eigenvalue weighted by molar-refractivity contribution is -0.128. The highest BCUT2D eigenvalue weighted by Gasteiger charge is 2.28. The van der Waals surface area contributed by atoms with Gasteiger partial charge in [-0.05, 0) is 77.9 Å². The SMILES string of the molecule is Cc1cc(Cl)ccc1-c1cccc([C@H](O)/C=C/[C@H]2CCC(=O)N2CCc2ccc(C(=O)O)cc2)c1. The molecule has 0 radical (unpaired) electrons. The average Bonchev–Trinajstić information content (AvgIpc) is 3.20. The fourth-order valence-electron chi connectivity index (χ4n) is 4.50. The van der Waals surface area contributed by atoms with Crippen LogP contribution in [-0.4, -0.2) is 39.6 Å². The summed E-state index contributed by atoms with van der Waals surface area (Å²) in [6.45, 7) is 2.55. The van der Waals surface area contributed by atoms with Gasteiger partial charge < -0.3 is 15.1 Å². The van der Waals surface area contributed by atoms with Gasteiger partial charge in [-0.1, -0.05) is 60.2 Å². The number of aromatic carboxylic acids is 1. The number of rotatable bonds is 8. The highest BCUT2D eigenvalue weighted by atomic mass is 35.5. The monoisotopic (exact) mass is 489 g/mol. The molecule has 1 fully saturated rings. The Morgan fingerprint density at radius 2 is 1.91 bits per heavy atom. The first-order chi connectivity index (χ1) is 16.8. The van der Waals surface area contributed by atoms with Gasteiger partial charge in [0.2, 0.25) is 5.91 Å². The molecule has 1 aliphatic heterocycles. The van der Waals surface area contributed by atoms with Gasteiger partial charge in [-0.25, -0.2) is 4.79 Å². The molecule has 35 heavy (non-hydrogen) atoms. The summed E-state index contributed by atoms with van der Waals surface area (Å²) >= 11 is 6.09. The first-order valence-electron chi connectivity index (χ1n) is 11.7. The van der Waals surface area contributed by atoms with E-state index in [4.69, 9.17) is 16.7 Å². The number of nitrogens with zero attached hydrogens (tertiary/aromatic N) is 1. The van der Waals surface area contributed by atoms with Crippen molar-refractivity contribution in [2.75, 3.05) is 6.54 Å². The van der Waals surface area contributed by atoms with Crippen LogP contribution >= 0.6 is 11.6 Å². The average molecular weight is 490 g/mol. The molecule has 180 valence electrons. The second-order valence-electron chi connectivity index (χ2n) is 8.86. The number of carbonyl (C=O) groups excluding carboxylic acids is 1. The third-order valence-electron chi connectivity index (χ3n) is 6.46. The molecule has 5 nitrogen and oxygen atoms in total. The number of aryl methyl sites for hydroxylation is 1. The Bertz CT molecular complexity index is 1250. The van der Waals surface area contributed by atoms with E-state index in [1.807, 2.05) is 60.4 Å². The van der Waals surface area contributed by atoms with Crippen LogP contribution in [0, 0.1) is 6.92 Å². The number of hydrogen-bond acceptors (Lipinski definition) is 3. The smallest absolute Gasteiger partial charge is 0.335 e. The minimum Gasteiger partial charge on any atom is -0.478 e. The predicted octanol–water partition coefficient (Wildman–Crippen LogP) is 5.84. The van der Waals surface area contributed by atoms with Crippen molar-refractivity contribution in [1.82, 2.24) is 4.90 Å². The van der Waals surface area contributed by atoms with Crippen molar-refractivity contribution >= 4 is 23.5 Å². The molecule has 1 amide bonds. The number of aliphatic hydroxyl groups excluding tert-OH is 1. The lowest BCUT2D eigenvalue weighted by Gasteiger charge is -2.23. The summed E-state index contributed by atoms with van der Waals surface area (Å²) in [4.78, 5) is 25.3. The molecule has 1 aliphatic rings. The fraction of sp³-hybridized carbons (Fsp3) is 0.241. The summed E-state index contributed by atoms with van der Waals surface area (Å²) in [6, 6.07) is 20.2. The number of halogens is 1. The minimum atomic E-state index is -0.955. The number of carboxylic acids is 1. The van der Waals surface area contributed by atoms with Crippen molar-refractivity contribution < 1.29 is 19.8 Å². The quantitative estimate of drug-likeness (QED) is 0.390. The topological polar surface area (TPSA) is 77.8 Å². The van der Waals surface area contributed by atoms with Gasteiger partial charge in [0.25, 0.3) is 0 Å². The molecule has 2 N–H and O–H groups in total. The lowest BCUT2D eigenvalue weighted by atomic mass is 9.97. The predicted molar refractivity (Wildman–Crippen MR) is 138 cm³/mol. The molecule has 3 aromatic rings. The number of carboxylic acid groups (broad SMARTS) is 1. The third kappa shape index (κ3) is 5.99. The molecule has 3 aromatic carbocycles. The molecule has 2 atom stereocenters. The zero-order valence-corrected chi connectivity index (χ0v) is 20.3. The van der Waals surface area contributed by atoms with Crippen molar-refractivity contribution in [3.05, 3.63) is 106 Å². The number of amides is 1. The van der Waals surface area contributed by atoms with E-state index in [0.29, 0.717) is 30.8 Å². The van der Waals surface area contributed by atoms with Crippen molar-refractivity contribution in [3.63, 3.8) is 0 Å². The van der Waals surface area contributed by atoms with Gasteiger partial charge in [-0.2, -0.15) is 0 Å². The zero-order valence-electron chi connectivity index (χ0n) is 19.5. The van der Waals surface area contributed by atoms with E-state index in [0.717, 1.165) is 27.8 Å². The van der Waals surface area contributed by atoms with Crippen LogP contribution in [0.4, 0.5) is 0 Å². The van der Waals surface area contributed by atoms with Crippen LogP contribution in [0.5, 0.6) is 0 Å². The standard InChI is InChI=1S/C29H28ClNO4/c1-19-17-24(30)9-12-26(19)22-3-2-4-23(18-22)27(32)13-10-25-11-14-28(33)31(25)16-15-20-5-7-21(8-6-20)29(34)35/h2-10,12-13,17-18,25,27,32H,11,14-16H2,1H3,(H,34,35)/b13-10+/t25-,27+/m0/s1. The largest absolute Gasteiger partial charge is 0.478 e. The van der Waals surface area contributed by atoms with Crippen LogP contribution in [0.25, 0.3) is 11.1 Å². The lowest BCUT2D eigenvalue weighted by Crippen LogP contribution is -2.33. The molecule has 0 spiro atoms. The van der Waals surface area contributed by atoms with Crippen LogP contribution < -0.4 is 0 Å². The van der Waals surface area contributed by atoms with Gasteiger partial charge in [0, 0.05) is 18.0 Å². The van der Waals surface area contributed by atoms with Crippen molar-refractivity contribution in [1.29, 1.82) is 0 Å². The summed E-state index contributed by atoms with van der Waals surface area (Å²) in [6.07, 6.45) is 4.72. The maximum absolute atomic E-state index is 12.5. The van der Waals surface area contributed by atoms with Crippen molar-refractivity contribution in [2.24, 2.45) is 0 Å². The molecule has 0 aromatic heterocycles. The minimum absolute atomic E-state index is 0.0721. The van der Waals surface area contributed by atoms with Crippen molar-refractivity contribution in [2.45, 2.75) is 38.3 Å². The van der Waals surface area contributed by atoms with Crippen LogP contribution in [0.1, 0.15) is 46.0 Å². The number of aliphatic hydroxyl groups is 1. The second kappa shape index (κ2) is 10.9. The van der Waals surface area contributed by atoms with E-state index in [2.05, 4.69) is 0 Å². The molecule has 0 bridgehead atoms. The van der Waals surface area contributed by atoms with E-state index in [1.54, 1.807) is 30.3 Å². The highest BCUT2D eigenvalue weighted by molar-refractivity contribution is 6.30. The van der Waals surface area contributed by atoms with E-state index < -0.39 is 12.1 Å². The van der Waals surface area contributed by atoms with Gasteiger partial charge in [0.1, 0.15) is 0 Å². The Morgan fingerprint density at radius 3 is 2.63 bits per heavy atom. The first-order valence-corrected chi connectivity index (χ1v) is 12.0. The fourth-order valence-corrected chi connectivity index (χ4v) is 4.72. The molecule has 0 unspecified atom stereocenters. The summed E-state index contributed by atoms with van der Waals surface area (Å²) in [5.74, 6) is -0.861. The Hall–Kier alpha value is -3.41. The molecular weight excluding hydrogens is 462 g/mol.